The molecule has 1 spiro atoms. The highest BCUT2D eigenvalue weighted by Gasteiger charge is 2.57. The van der Waals surface area contributed by atoms with Crippen molar-refractivity contribution < 1.29 is 18.4 Å². The Balaban J connectivity index is 1.29. The first kappa shape index (κ1) is 22.0. The smallest absolute Gasteiger partial charge is 0.317 e. The molecule has 0 radical (unpaired) electrons. The zero-order chi connectivity index (χ0) is 22.4. The summed E-state index contributed by atoms with van der Waals surface area (Å²) >= 11 is 0. The summed E-state index contributed by atoms with van der Waals surface area (Å²) in [6.07, 6.45) is 6.22. The van der Waals surface area contributed by atoms with Crippen LogP contribution in [0.15, 0.2) is 18.2 Å². The molecule has 31 heavy (non-hydrogen) atoms. The van der Waals surface area contributed by atoms with Gasteiger partial charge in [0.25, 0.3) is 0 Å². The van der Waals surface area contributed by atoms with Crippen LogP contribution in [0.2, 0.25) is 0 Å². The van der Waals surface area contributed by atoms with E-state index in [0.29, 0.717) is 13.1 Å². The molecular weight excluding hydrogens is 400 g/mol. The first-order valence-corrected chi connectivity index (χ1v) is 11.4. The van der Waals surface area contributed by atoms with Gasteiger partial charge in [-0.25, -0.2) is 13.6 Å². The van der Waals surface area contributed by atoms with Crippen molar-refractivity contribution in [1.82, 2.24) is 15.1 Å². The van der Waals surface area contributed by atoms with Crippen molar-refractivity contribution in [2.24, 2.45) is 5.41 Å². The number of halogens is 2. The summed E-state index contributed by atoms with van der Waals surface area (Å²) in [6.45, 7) is 5.07. The lowest BCUT2D eigenvalue weighted by atomic mass is 9.66. The van der Waals surface area contributed by atoms with Crippen molar-refractivity contribution in [3.63, 3.8) is 0 Å². The number of carbonyl (C=O) groups is 2. The van der Waals surface area contributed by atoms with E-state index in [1.165, 1.54) is 12.1 Å². The van der Waals surface area contributed by atoms with E-state index in [1.54, 1.807) is 11.8 Å². The maximum atomic E-state index is 13.7. The second-order valence-electron chi connectivity index (χ2n) is 10.1. The third-order valence-electron chi connectivity index (χ3n) is 8.17. The zero-order valence-corrected chi connectivity index (χ0v) is 18.7. The van der Waals surface area contributed by atoms with Crippen LogP contribution in [0.1, 0.15) is 64.4 Å². The molecule has 1 unspecified atom stereocenters. The van der Waals surface area contributed by atoms with E-state index >= 15 is 0 Å². The van der Waals surface area contributed by atoms with Crippen LogP contribution in [0, 0.1) is 17.0 Å². The largest absolute Gasteiger partial charge is 0.343 e. The van der Waals surface area contributed by atoms with Crippen LogP contribution < -0.4 is 5.32 Å². The summed E-state index contributed by atoms with van der Waals surface area (Å²) in [7, 11) is 1.84. The fraction of sp³-hybridized carbons (Fsp3) is 0.667. The van der Waals surface area contributed by atoms with E-state index in [1.807, 2.05) is 11.9 Å². The molecule has 0 bridgehead atoms. The number of hydrogen-bond donors (Lipinski definition) is 1. The summed E-state index contributed by atoms with van der Waals surface area (Å²) in [5.74, 6) is -0.953. The lowest BCUT2D eigenvalue weighted by molar-refractivity contribution is -0.130. The summed E-state index contributed by atoms with van der Waals surface area (Å²) in [6, 6.07) is 4.13. The Labute approximate surface area is 183 Å². The molecule has 1 atom stereocenters. The van der Waals surface area contributed by atoms with Crippen LogP contribution in [-0.4, -0.2) is 54.0 Å². The highest BCUT2D eigenvalue weighted by atomic mass is 19.1. The van der Waals surface area contributed by atoms with Gasteiger partial charge < -0.3 is 15.1 Å². The van der Waals surface area contributed by atoms with E-state index in [0.717, 1.165) is 56.6 Å². The van der Waals surface area contributed by atoms with Gasteiger partial charge in [0.15, 0.2) is 0 Å². The maximum absolute atomic E-state index is 13.7. The highest BCUT2D eigenvalue weighted by molar-refractivity contribution is 5.75. The van der Waals surface area contributed by atoms with Crippen molar-refractivity contribution in [3.8, 4) is 0 Å². The number of carbonyl (C=O) groups excluding carboxylic acids is 2. The number of nitrogens with one attached hydrogen (secondary N) is 1. The number of hydrogen-bond acceptors (Lipinski definition) is 2. The van der Waals surface area contributed by atoms with E-state index in [4.69, 9.17) is 0 Å². The second kappa shape index (κ2) is 8.06. The number of urea groups is 1. The molecular formula is C24H33F2N3O2. The standard InChI is InChI=1S/C24H33F2N3O2/c1-16(30)29-10-4-20(5-11-29)28(3)22(31)27-21-15-24(21)8-6-23(2,7-9-24)17-12-18(25)14-19(26)13-17/h12-14,20-21H,4-11,15H2,1-3H3,(H,27,31). The lowest BCUT2D eigenvalue weighted by Crippen LogP contribution is -2.50. The Morgan fingerprint density at radius 3 is 2.19 bits per heavy atom. The molecule has 0 aromatic heterocycles. The highest BCUT2D eigenvalue weighted by Crippen LogP contribution is 2.60. The fourth-order valence-corrected chi connectivity index (χ4v) is 5.58. The van der Waals surface area contributed by atoms with Crippen molar-refractivity contribution in [2.75, 3.05) is 20.1 Å². The SMILES string of the molecule is CC(=O)N1CCC(N(C)C(=O)NC2CC23CCC(C)(c2cc(F)cc(F)c2)CC3)CC1. The average Bonchev–Trinajstić information content (AvgIpc) is 3.40. The minimum absolute atomic E-state index is 0.0383. The Morgan fingerprint density at radius 1 is 1.06 bits per heavy atom. The Kier molecular flexibility index (Phi) is 5.73. The normalized spacial score (nSPS) is 30.9. The van der Waals surface area contributed by atoms with E-state index in [9.17, 15) is 18.4 Å². The van der Waals surface area contributed by atoms with E-state index in [2.05, 4.69) is 12.2 Å². The number of amides is 3. The third kappa shape index (κ3) is 4.41. The molecule has 3 fully saturated rings. The number of piperidine rings is 1. The molecule has 1 aromatic carbocycles. The molecule has 1 heterocycles. The van der Waals surface area contributed by atoms with Gasteiger partial charge in [0.05, 0.1) is 0 Å². The van der Waals surface area contributed by atoms with Gasteiger partial charge in [-0.15, -0.1) is 0 Å². The van der Waals surface area contributed by atoms with Crippen molar-refractivity contribution in [1.29, 1.82) is 0 Å². The number of likely N-dealkylation sites (tertiary alicyclic amines) is 1. The van der Waals surface area contributed by atoms with Crippen LogP contribution in [0.5, 0.6) is 0 Å². The van der Waals surface area contributed by atoms with E-state index in [-0.39, 0.29) is 34.9 Å². The maximum Gasteiger partial charge on any atom is 0.317 e. The van der Waals surface area contributed by atoms with Crippen LogP contribution in [0.25, 0.3) is 0 Å². The topological polar surface area (TPSA) is 52.7 Å². The molecule has 1 aliphatic heterocycles. The van der Waals surface area contributed by atoms with Gasteiger partial charge in [0.2, 0.25) is 5.91 Å². The Bertz CT molecular complexity index is 838. The van der Waals surface area contributed by atoms with Gasteiger partial charge in [0.1, 0.15) is 11.6 Å². The van der Waals surface area contributed by atoms with Crippen molar-refractivity contribution in [3.05, 3.63) is 35.4 Å². The van der Waals surface area contributed by atoms with Gasteiger partial charge >= 0.3 is 6.03 Å². The molecule has 1 N–H and O–H groups in total. The summed E-state index contributed by atoms with van der Waals surface area (Å²) in [4.78, 5) is 27.9. The minimum atomic E-state index is -0.523. The lowest BCUT2D eigenvalue weighted by Gasteiger charge is -2.39. The molecule has 2 saturated carbocycles. The average molecular weight is 434 g/mol. The molecule has 1 aromatic rings. The van der Waals surface area contributed by atoms with Crippen LogP contribution >= 0.6 is 0 Å². The van der Waals surface area contributed by atoms with Gasteiger partial charge in [-0.2, -0.15) is 0 Å². The number of rotatable bonds is 3. The van der Waals surface area contributed by atoms with Crippen LogP contribution in [-0.2, 0) is 10.2 Å². The molecule has 3 amide bonds. The zero-order valence-electron chi connectivity index (χ0n) is 18.7. The van der Waals surface area contributed by atoms with Crippen LogP contribution in [0.3, 0.4) is 0 Å². The van der Waals surface area contributed by atoms with Gasteiger partial charge in [-0.1, -0.05) is 6.92 Å². The van der Waals surface area contributed by atoms with Crippen molar-refractivity contribution >= 4 is 11.9 Å². The third-order valence-corrected chi connectivity index (χ3v) is 8.17. The molecule has 4 rings (SSSR count). The molecule has 5 nitrogen and oxygen atoms in total. The summed E-state index contributed by atoms with van der Waals surface area (Å²) < 4.78 is 27.4. The van der Waals surface area contributed by atoms with Gasteiger partial charge in [-0.3, -0.25) is 4.79 Å². The first-order chi connectivity index (χ1) is 14.6. The Hall–Kier alpha value is -2.18. The van der Waals surface area contributed by atoms with Crippen molar-refractivity contribution in [2.45, 2.75) is 76.3 Å². The fourth-order valence-electron chi connectivity index (χ4n) is 5.58. The molecule has 7 heteroatoms. The van der Waals surface area contributed by atoms with Crippen LogP contribution in [0.4, 0.5) is 13.6 Å². The first-order valence-electron chi connectivity index (χ1n) is 11.4. The molecule has 170 valence electrons. The summed E-state index contributed by atoms with van der Waals surface area (Å²) in [5, 5.41) is 3.22. The summed E-state index contributed by atoms with van der Waals surface area (Å²) in [5.41, 5.74) is 0.630. The quantitative estimate of drug-likeness (QED) is 0.777. The van der Waals surface area contributed by atoms with E-state index < -0.39 is 11.6 Å². The monoisotopic (exact) mass is 433 g/mol. The minimum Gasteiger partial charge on any atom is -0.343 e. The Morgan fingerprint density at radius 2 is 1.65 bits per heavy atom. The number of nitrogens with zero attached hydrogens (tertiary/aromatic N) is 2. The number of benzene rings is 1. The van der Waals surface area contributed by atoms with Gasteiger partial charge in [-0.05, 0) is 73.5 Å². The predicted molar refractivity (Wildman–Crippen MR) is 115 cm³/mol. The molecule has 1 saturated heterocycles. The molecule has 3 aliphatic rings. The second-order valence-corrected chi connectivity index (χ2v) is 10.1. The van der Waals surface area contributed by atoms with Gasteiger partial charge in [0, 0.05) is 45.2 Å². The predicted octanol–water partition coefficient (Wildman–Crippen LogP) is 4.21. The molecule has 2 aliphatic carbocycles.